The number of aliphatic hydroxyl groups excluding tert-OH is 2. The molecule has 0 aromatic rings. The first kappa shape index (κ1) is 14.7. The Labute approximate surface area is 89.1 Å². The molecule has 0 aromatic carbocycles. The van der Waals surface area contributed by atoms with E-state index in [1.807, 2.05) is 0 Å². The van der Waals surface area contributed by atoms with Gasteiger partial charge in [0.1, 0.15) is 12.3 Å². The van der Waals surface area contributed by atoms with E-state index in [1.54, 1.807) is 0 Å². The number of aliphatic hydroxyl groups is 2. The van der Waals surface area contributed by atoms with Gasteiger partial charge in [0.05, 0.1) is 12.2 Å². The quantitative estimate of drug-likeness (QED) is 0.654. The van der Waals surface area contributed by atoms with E-state index in [0.29, 0.717) is 0 Å². The van der Waals surface area contributed by atoms with E-state index in [4.69, 9.17) is 14.9 Å². The Balaban J connectivity index is 3.88. The van der Waals surface area contributed by atoms with E-state index in [-0.39, 0.29) is 26.1 Å². The second-order valence-corrected chi connectivity index (χ2v) is 3.60. The highest BCUT2D eigenvalue weighted by Gasteiger charge is 2.23. The fourth-order valence-corrected chi connectivity index (χ4v) is 1.23. The third kappa shape index (κ3) is 6.02. The van der Waals surface area contributed by atoms with Crippen LogP contribution in [0.1, 0.15) is 26.7 Å². The lowest BCUT2D eigenvalue weighted by atomic mass is 10.1. The van der Waals surface area contributed by atoms with Crippen molar-refractivity contribution in [2.24, 2.45) is 0 Å². The summed E-state index contributed by atoms with van der Waals surface area (Å²) in [6.45, 7) is 2.50. The van der Waals surface area contributed by atoms with Crippen LogP contribution in [0.4, 0.5) is 8.78 Å². The van der Waals surface area contributed by atoms with Crippen molar-refractivity contribution in [1.29, 1.82) is 0 Å². The first-order chi connectivity index (χ1) is 7.02. The van der Waals surface area contributed by atoms with Crippen LogP contribution in [-0.4, -0.2) is 48.0 Å². The van der Waals surface area contributed by atoms with Crippen molar-refractivity contribution in [3.63, 3.8) is 0 Å². The molecule has 0 saturated heterocycles. The summed E-state index contributed by atoms with van der Waals surface area (Å²) in [5.41, 5.74) is 0. The van der Waals surface area contributed by atoms with Crippen LogP contribution >= 0.6 is 0 Å². The normalized spacial score (nSPS) is 19.6. The molecule has 2 N–H and O–H groups in total. The summed E-state index contributed by atoms with van der Waals surface area (Å²) in [4.78, 5) is 0. The Bertz CT molecular complexity index is 142. The monoisotopic (exact) mass is 226 g/mol. The largest absolute Gasteiger partial charge is 0.396 e. The molecule has 0 bridgehead atoms. The SMILES string of the molecule is CC(OC(C)C(F)CCO)C(F)CCO. The first-order valence-corrected chi connectivity index (χ1v) is 5.18. The predicted octanol–water partition coefficient (Wildman–Crippen LogP) is 1.22. The van der Waals surface area contributed by atoms with Crippen molar-refractivity contribution in [3.05, 3.63) is 0 Å². The zero-order valence-corrected chi connectivity index (χ0v) is 9.20. The van der Waals surface area contributed by atoms with Crippen LogP contribution in [0.2, 0.25) is 0 Å². The number of hydrogen-bond donors (Lipinski definition) is 2. The van der Waals surface area contributed by atoms with E-state index in [9.17, 15) is 8.78 Å². The summed E-state index contributed by atoms with van der Waals surface area (Å²) in [6.07, 6.45) is -4.10. The van der Waals surface area contributed by atoms with Crippen LogP contribution in [0.15, 0.2) is 0 Å². The van der Waals surface area contributed by atoms with Crippen molar-refractivity contribution < 1.29 is 23.7 Å². The minimum Gasteiger partial charge on any atom is -0.396 e. The summed E-state index contributed by atoms with van der Waals surface area (Å²) >= 11 is 0. The van der Waals surface area contributed by atoms with Crippen LogP contribution in [0.5, 0.6) is 0 Å². The molecule has 5 heteroatoms. The number of ether oxygens (including phenoxy) is 1. The van der Waals surface area contributed by atoms with Crippen molar-refractivity contribution in [3.8, 4) is 0 Å². The van der Waals surface area contributed by atoms with Gasteiger partial charge in [0.15, 0.2) is 0 Å². The molecule has 0 fully saturated rings. The van der Waals surface area contributed by atoms with Crippen LogP contribution in [0, 0.1) is 0 Å². The second-order valence-electron chi connectivity index (χ2n) is 3.60. The van der Waals surface area contributed by atoms with Crippen molar-refractivity contribution in [2.75, 3.05) is 13.2 Å². The topological polar surface area (TPSA) is 49.7 Å². The molecule has 4 atom stereocenters. The van der Waals surface area contributed by atoms with Gasteiger partial charge >= 0.3 is 0 Å². The van der Waals surface area contributed by atoms with E-state index in [0.717, 1.165) is 0 Å². The maximum absolute atomic E-state index is 13.1. The predicted molar refractivity (Wildman–Crippen MR) is 53.2 cm³/mol. The van der Waals surface area contributed by atoms with Crippen LogP contribution in [0.3, 0.4) is 0 Å². The highest BCUT2D eigenvalue weighted by atomic mass is 19.1. The Kier molecular flexibility index (Phi) is 7.82. The smallest absolute Gasteiger partial charge is 0.128 e. The Hall–Kier alpha value is -0.260. The Morgan fingerprint density at radius 2 is 1.27 bits per heavy atom. The van der Waals surface area contributed by atoms with Crippen molar-refractivity contribution in [1.82, 2.24) is 0 Å². The number of rotatable bonds is 8. The zero-order chi connectivity index (χ0) is 11.8. The lowest BCUT2D eigenvalue weighted by Gasteiger charge is -2.23. The third-order valence-electron chi connectivity index (χ3n) is 2.26. The summed E-state index contributed by atoms with van der Waals surface area (Å²) in [5.74, 6) is 0. The molecule has 0 aliphatic carbocycles. The van der Waals surface area contributed by atoms with E-state index < -0.39 is 24.6 Å². The number of alkyl halides is 2. The molecule has 3 nitrogen and oxygen atoms in total. The number of halogens is 2. The molecular formula is C10H20F2O3. The van der Waals surface area contributed by atoms with Gasteiger partial charge in [0.2, 0.25) is 0 Å². The standard InChI is InChI=1S/C10H20F2O3/c1-7(9(11)3-5-13)15-8(2)10(12)4-6-14/h7-10,13-14H,3-6H2,1-2H3. The van der Waals surface area contributed by atoms with Gasteiger partial charge in [-0.3, -0.25) is 0 Å². The van der Waals surface area contributed by atoms with Crippen LogP contribution < -0.4 is 0 Å². The van der Waals surface area contributed by atoms with Gasteiger partial charge in [0.25, 0.3) is 0 Å². The van der Waals surface area contributed by atoms with Gasteiger partial charge in [-0.1, -0.05) is 0 Å². The lowest BCUT2D eigenvalue weighted by molar-refractivity contribution is -0.0717. The molecule has 0 aliphatic rings. The molecule has 0 rings (SSSR count). The number of hydrogen-bond acceptors (Lipinski definition) is 3. The molecule has 0 spiro atoms. The van der Waals surface area contributed by atoms with Crippen LogP contribution in [-0.2, 0) is 4.74 Å². The molecular weight excluding hydrogens is 206 g/mol. The summed E-state index contributed by atoms with van der Waals surface area (Å²) < 4.78 is 31.4. The fraction of sp³-hybridized carbons (Fsp3) is 1.00. The van der Waals surface area contributed by atoms with E-state index >= 15 is 0 Å². The summed E-state index contributed by atoms with van der Waals surface area (Å²) in [6, 6.07) is 0. The zero-order valence-electron chi connectivity index (χ0n) is 9.20. The van der Waals surface area contributed by atoms with Gasteiger partial charge in [-0.15, -0.1) is 0 Å². The van der Waals surface area contributed by atoms with E-state index in [2.05, 4.69) is 0 Å². The molecule has 0 radical (unpaired) electrons. The molecule has 0 aliphatic heterocycles. The Morgan fingerprint density at radius 1 is 0.933 bits per heavy atom. The van der Waals surface area contributed by atoms with Gasteiger partial charge in [0, 0.05) is 26.1 Å². The minimum atomic E-state index is -1.29. The fourth-order valence-electron chi connectivity index (χ4n) is 1.23. The third-order valence-corrected chi connectivity index (χ3v) is 2.26. The Morgan fingerprint density at radius 3 is 1.53 bits per heavy atom. The van der Waals surface area contributed by atoms with Crippen LogP contribution in [0.25, 0.3) is 0 Å². The highest BCUT2D eigenvalue weighted by Crippen LogP contribution is 2.14. The molecule has 0 saturated carbocycles. The maximum atomic E-state index is 13.1. The minimum absolute atomic E-state index is 0.00909. The molecule has 92 valence electrons. The average molecular weight is 226 g/mol. The van der Waals surface area contributed by atoms with E-state index in [1.165, 1.54) is 13.8 Å². The van der Waals surface area contributed by atoms with Gasteiger partial charge in [-0.25, -0.2) is 8.78 Å². The van der Waals surface area contributed by atoms with Crippen molar-refractivity contribution >= 4 is 0 Å². The van der Waals surface area contributed by atoms with Crippen molar-refractivity contribution in [2.45, 2.75) is 51.2 Å². The average Bonchev–Trinajstić information content (AvgIpc) is 2.18. The van der Waals surface area contributed by atoms with Gasteiger partial charge in [-0.2, -0.15) is 0 Å². The molecule has 4 unspecified atom stereocenters. The maximum Gasteiger partial charge on any atom is 0.128 e. The first-order valence-electron chi connectivity index (χ1n) is 5.18. The summed E-state index contributed by atoms with van der Waals surface area (Å²) in [5, 5.41) is 17.0. The van der Waals surface area contributed by atoms with Gasteiger partial charge in [-0.05, 0) is 13.8 Å². The lowest BCUT2D eigenvalue weighted by Crippen LogP contribution is -2.32. The molecule has 0 aromatic heterocycles. The molecule has 0 heterocycles. The van der Waals surface area contributed by atoms with Gasteiger partial charge < -0.3 is 14.9 Å². The molecule has 15 heavy (non-hydrogen) atoms. The second kappa shape index (κ2) is 7.96. The molecule has 0 amide bonds. The highest BCUT2D eigenvalue weighted by molar-refractivity contribution is 4.70. The summed E-state index contributed by atoms with van der Waals surface area (Å²) in [7, 11) is 0.